The minimum absolute atomic E-state index is 0.0779. The summed E-state index contributed by atoms with van der Waals surface area (Å²) in [6.45, 7) is 3.68. The molecule has 1 aromatic rings. The lowest BCUT2D eigenvalue weighted by molar-refractivity contribution is -0.117. The van der Waals surface area contributed by atoms with Gasteiger partial charge in [-0.25, -0.2) is 0 Å². The number of rotatable bonds is 7. The van der Waals surface area contributed by atoms with Crippen molar-refractivity contribution in [2.75, 3.05) is 20.2 Å². The second-order valence-electron chi connectivity index (χ2n) is 6.84. The lowest BCUT2D eigenvalue weighted by Crippen LogP contribution is -2.36. The molecule has 0 amide bonds. The van der Waals surface area contributed by atoms with E-state index in [1.54, 1.807) is 13.2 Å². The Bertz CT molecular complexity index is 779. The number of oxime groups is 1. The molecule has 3 rings (SSSR count). The molecule has 3 N–H and O–H groups in total. The van der Waals surface area contributed by atoms with Gasteiger partial charge in [-0.15, -0.1) is 0 Å². The molecule has 144 valence electrons. The zero-order valence-corrected chi connectivity index (χ0v) is 15.8. The number of nitrogens with zero attached hydrogens (tertiary/aromatic N) is 2. The standard InChI is InChI=1S/C20H26N4O3/c1-13-11-23-18(10-16(13)19(25)17-7-4-8-22-17)20(21)24-27-12-14-5-3-6-15(9-14)26-2/h3,5-6,9-10,13,17,22H,4,7-8,11-12H2,1-2H3,(H2,21,24)/t13?,17-/m0/s1. The van der Waals surface area contributed by atoms with E-state index >= 15 is 0 Å². The Balaban J connectivity index is 1.65. The van der Waals surface area contributed by atoms with Crippen LogP contribution in [0.1, 0.15) is 25.3 Å². The first kappa shape index (κ1) is 19.1. The van der Waals surface area contributed by atoms with Gasteiger partial charge in [0.2, 0.25) is 0 Å². The van der Waals surface area contributed by atoms with Crippen molar-refractivity contribution < 1.29 is 14.4 Å². The highest BCUT2D eigenvalue weighted by Crippen LogP contribution is 2.21. The Labute approximate surface area is 159 Å². The van der Waals surface area contributed by atoms with E-state index < -0.39 is 0 Å². The van der Waals surface area contributed by atoms with Gasteiger partial charge in [-0.3, -0.25) is 9.79 Å². The lowest BCUT2D eigenvalue weighted by atomic mass is 9.89. The maximum Gasteiger partial charge on any atom is 0.188 e. The lowest BCUT2D eigenvalue weighted by Gasteiger charge is -2.21. The van der Waals surface area contributed by atoms with Crippen LogP contribution in [0.3, 0.4) is 0 Å². The van der Waals surface area contributed by atoms with Gasteiger partial charge in [0, 0.05) is 18.0 Å². The van der Waals surface area contributed by atoms with E-state index in [2.05, 4.69) is 15.5 Å². The van der Waals surface area contributed by atoms with Crippen LogP contribution in [0.4, 0.5) is 0 Å². The molecule has 0 saturated carbocycles. The molecule has 0 aliphatic carbocycles. The molecule has 0 radical (unpaired) electrons. The van der Waals surface area contributed by atoms with Crippen LogP contribution in [0, 0.1) is 5.92 Å². The molecule has 0 aromatic heterocycles. The third-order valence-electron chi connectivity index (χ3n) is 4.81. The van der Waals surface area contributed by atoms with Gasteiger partial charge in [0.25, 0.3) is 0 Å². The SMILES string of the molecule is COc1cccc(CON=C(N)C2=NCC(C)C(C(=O)[C@@H]3CCCN3)=C2)c1. The Morgan fingerprint density at radius 3 is 3.04 bits per heavy atom. The minimum Gasteiger partial charge on any atom is -0.497 e. The van der Waals surface area contributed by atoms with E-state index in [9.17, 15) is 4.79 Å². The maximum atomic E-state index is 12.7. The second kappa shape index (κ2) is 8.81. The molecule has 1 fully saturated rings. The van der Waals surface area contributed by atoms with Gasteiger partial charge in [0.1, 0.15) is 18.1 Å². The molecular formula is C20H26N4O3. The first-order valence-corrected chi connectivity index (χ1v) is 9.21. The van der Waals surface area contributed by atoms with Crippen molar-refractivity contribution >= 4 is 17.3 Å². The Kier molecular flexibility index (Phi) is 6.24. The van der Waals surface area contributed by atoms with Crippen molar-refractivity contribution in [1.82, 2.24) is 5.32 Å². The first-order valence-electron chi connectivity index (χ1n) is 9.21. The Morgan fingerprint density at radius 2 is 2.30 bits per heavy atom. The van der Waals surface area contributed by atoms with Crippen LogP contribution in [0.25, 0.3) is 0 Å². The molecular weight excluding hydrogens is 344 g/mol. The molecule has 27 heavy (non-hydrogen) atoms. The zero-order chi connectivity index (χ0) is 19.2. The highest BCUT2D eigenvalue weighted by molar-refractivity contribution is 6.46. The Hall–Kier alpha value is -2.67. The molecule has 1 saturated heterocycles. The van der Waals surface area contributed by atoms with Gasteiger partial charge in [0.15, 0.2) is 11.6 Å². The van der Waals surface area contributed by atoms with Crippen molar-refractivity contribution in [3.8, 4) is 5.75 Å². The number of ether oxygens (including phenoxy) is 1. The van der Waals surface area contributed by atoms with Crippen molar-refractivity contribution in [3.05, 3.63) is 41.5 Å². The fourth-order valence-electron chi connectivity index (χ4n) is 3.23. The number of nitrogens with one attached hydrogen (secondary N) is 1. The third kappa shape index (κ3) is 4.74. The minimum atomic E-state index is -0.0967. The number of hydrogen-bond donors (Lipinski definition) is 2. The molecule has 7 nitrogen and oxygen atoms in total. The predicted octanol–water partition coefficient (Wildman–Crippen LogP) is 1.82. The van der Waals surface area contributed by atoms with Crippen LogP contribution < -0.4 is 15.8 Å². The molecule has 2 heterocycles. The van der Waals surface area contributed by atoms with Crippen molar-refractivity contribution in [2.24, 2.45) is 21.8 Å². The maximum absolute atomic E-state index is 12.7. The molecule has 0 spiro atoms. The number of hydrogen-bond acceptors (Lipinski definition) is 6. The van der Waals surface area contributed by atoms with Gasteiger partial charge in [-0.1, -0.05) is 24.2 Å². The summed E-state index contributed by atoms with van der Waals surface area (Å²) in [7, 11) is 1.62. The number of benzene rings is 1. The quantitative estimate of drug-likeness (QED) is 0.433. The largest absolute Gasteiger partial charge is 0.497 e. The van der Waals surface area contributed by atoms with E-state index in [0.717, 1.165) is 36.3 Å². The summed E-state index contributed by atoms with van der Waals surface area (Å²) in [4.78, 5) is 22.5. The summed E-state index contributed by atoms with van der Waals surface area (Å²) in [6.07, 6.45) is 3.66. The van der Waals surface area contributed by atoms with Crippen LogP contribution in [-0.2, 0) is 16.2 Å². The molecule has 1 aromatic carbocycles. The number of ketones is 1. The second-order valence-corrected chi connectivity index (χ2v) is 6.84. The van der Waals surface area contributed by atoms with Gasteiger partial charge in [-0.05, 0) is 43.2 Å². The summed E-state index contributed by atoms with van der Waals surface area (Å²) in [6, 6.07) is 7.44. The van der Waals surface area contributed by atoms with Gasteiger partial charge in [-0.2, -0.15) is 0 Å². The van der Waals surface area contributed by atoms with Crippen LogP contribution in [0.2, 0.25) is 0 Å². The normalized spacial score (nSPS) is 22.8. The average Bonchev–Trinajstić information content (AvgIpc) is 3.22. The van der Waals surface area contributed by atoms with Gasteiger partial charge in [0.05, 0.1) is 13.2 Å². The molecule has 1 unspecified atom stereocenters. The monoisotopic (exact) mass is 370 g/mol. The van der Waals surface area contributed by atoms with Gasteiger partial charge < -0.3 is 20.6 Å². The summed E-state index contributed by atoms with van der Waals surface area (Å²) in [5.74, 6) is 1.14. The Morgan fingerprint density at radius 1 is 1.44 bits per heavy atom. The topological polar surface area (TPSA) is 98.3 Å². The molecule has 2 aliphatic heterocycles. The molecule has 2 aliphatic rings. The van der Waals surface area contributed by atoms with Crippen molar-refractivity contribution in [1.29, 1.82) is 0 Å². The predicted molar refractivity (Wildman–Crippen MR) is 105 cm³/mol. The highest BCUT2D eigenvalue weighted by atomic mass is 16.6. The van der Waals surface area contributed by atoms with Crippen molar-refractivity contribution in [2.45, 2.75) is 32.4 Å². The molecule has 7 heteroatoms. The van der Waals surface area contributed by atoms with Crippen molar-refractivity contribution in [3.63, 3.8) is 0 Å². The van der Waals surface area contributed by atoms with Gasteiger partial charge >= 0.3 is 0 Å². The first-order chi connectivity index (χ1) is 13.1. The average molecular weight is 370 g/mol. The van der Waals surface area contributed by atoms with Crippen LogP contribution >= 0.6 is 0 Å². The smallest absolute Gasteiger partial charge is 0.188 e. The van der Waals surface area contributed by atoms with E-state index in [4.69, 9.17) is 15.3 Å². The fraction of sp³-hybridized carbons (Fsp3) is 0.450. The summed E-state index contributed by atoms with van der Waals surface area (Å²) in [5, 5.41) is 7.22. The number of carbonyl (C=O) groups is 1. The third-order valence-corrected chi connectivity index (χ3v) is 4.81. The summed E-state index contributed by atoms with van der Waals surface area (Å²) < 4.78 is 5.18. The number of methoxy groups -OCH3 is 1. The number of nitrogens with two attached hydrogens (primary N) is 1. The number of dihydropyridines is 1. The summed E-state index contributed by atoms with van der Waals surface area (Å²) in [5.41, 5.74) is 8.20. The van der Waals surface area contributed by atoms with E-state index in [-0.39, 0.29) is 30.2 Å². The van der Waals surface area contributed by atoms with Crippen LogP contribution in [0.15, 0.2) is 46.1 Å². The number of aliphatic imine (C=N–C) groups is 1. The van der Waals surface area contributed by atoms with Crippen LogP contribution in [0.5, 0.6) is 5.75 Å². The molecule has 0 bridgehead atoms. The number of carbonyl (C=O) groups excluding carboxylic acids is 1. The zero-order valence-electron chi connectivity index (χ0n) is 15.8. The van der Waals surface area contributed by atoms with E-state index in [1.165, 1.54) is 0 Å². The summed E-state index contributed by atoms with van der Waals surface area (Å²) >= 11 is 0. The van der Waals surface area contributed by atoms with Crippen LogP contribution in [-0.4, -0.2) is 43.6 Å². The number of Topliss-reactive ketones (excluding diaryl/α,β-unsaturated/α-hetero) is 1. The van der Waals surface area contributed by atoms with E-state index in [0.29, 0.717) is 12.3 Å². The van der Waals surface area contributed by atoms with E-state index in [1.807, 2.05) is 31.2 Å². The fourth-order valence-corrected chi connectivity index (χ4v) is 3.23. The highest BCUT2D eigenvalue weighted by Gasteiger charge is 2.29. The molecule has 2 atom stereocenters. The number of amidine groups is 1.